The van der Waals surface area contributed by atoms with E-state index in [-0.39, 0.29) is 12.2 Å². The molecule has 0 saturated carbocycles. The average Bonchev–Trinajstić information content (AvgIpc) is 1.53. The number of ketones is 1. The quantitative estimate of drug-likeness (QED) is 0.589. The van der Waals surface area contributed by atoms with Crippen LogP contribution in [0.4, 0.5) is 0 Å². The maximum Gasteiger partial charge on any atom is 0.132 e. The number of Topliss-reactive ketones (excluding diaryl/α,β-unsaturated/α-hetero) is 1. The first-order chi connectivity index (χ1) is 4.81. The van der Waals surface area contributed by atoms with Gasteiger partial charge in [-0.3, -0.25) is 4.79 Å². The van der Waals surface area contributed by atoms with Crippen LogP contribution in [0.1, 0.15) is 13.3 Å². The van der Waals surface area contributed by atoms with Gasteiger partial charge < -0.3 is 9.59 Å². The van der Waals surface area contributed by atoms with Crippen molar-refractivity contribution < 1.29 is 14.4 Å². The Bertz CT molecular complexity index is 138. The number of likely N-dealkylation sites (N-methyl/N-ethyl adjacent to an activating group) is 1. The summed E-state index contributed by atoms with van der Waals surface area (Å²) in [7, 11) is 5.97. The molecule has 66 valence electrons. The van der Waals surface area contributed by atoms with E-state index < -0.39 is 6.10 Å². The van der Waals surface area contributed by atoms with Crippen molar-refractivity contribution in [2.45, 2.75) is 19.4 Å². The second-order valence-electron chi connectivity index (χ2n) is 4.03. The van der Waals surface area contributed by atoms with E-state index in [0.717, 1.165) is 0 Å². The van der Waals surface area contributed by atoms with Crippen LogP contribution >= 0.6 is 0 Å². The Kier molecular flexibility index (Phi) is 3.69. The van der Waals surface area contributed by atoms with E-state index in [0.29, 0.717) is 11.0 Å². The smallest absolute Gasteiger partial charge is 0.132 e. The van der Waals surface area contributed by atoms with E-state index in [1.807, 2.05) is 21.1 Å². The number of nitrogens with zero attached hydrogens (tertiary/aromatic N) is 1. The van der Waals surface area contributed by atoms with Crippen molar-refractivity contribution in [2.75, 3.05) is 27.7 Å². The van der Waals surface area contributed by atoms with Gasteiger partial charge in [0.1, 0.15) is 18.4 Å². The summed E-state index contributed by atoms with van der Waals surface area (Å²) in [5, 5.41) is 9.32. The summed E-state index contributed by atoms with van der Waals surface area (Å²) in [6.45, 7) is 2.12. The first-order valence-corrected chi connectivity index (χ1v) is 3.79. The van der Waals surface area contributed by atoms with Gasteiger partial charge in [0, 0.05) is 6.42 Å². The Labute approximate surface area is 68.2 Å². The van der Waals surface area contributed by atoms with Crippen molar-refractivity contribution in [1.29, 1.82) is 0 Å². The zero-order chi connectivity index (χ0) is 9.07. The van der Waals surface area contributed by atoms with Gasteiger partial charge in [-0.05, 0) is 6.92 Å². The number of rotatable bonds is 4. The highest BCUT2D eigenvalue weighted by Crippen LogP contribution is 1.99. The summed E-state index contributed by atoms with van der Waals surface area (Å²) in [5.74, 6) is 0.0472. The molecule has 0 bridgehead atoms. The molecule has 0 spiro atoms. The zero-order valence-corrected chi connectivity index (χ0v) is 7.79. The van der Waals surface area contributed by atoms with Crippen LogP contribution in [-0.4, -0.2) is 49.2 Å². The number of carbonyl (C=O) groups excluding carboxylic acids is 1. The molecule has 3 nitrogen and oxygen atoms in total. The summed E-state index contributed by atoms with van der Waals surface area (Å²) in [6.07, 6.45) is -0.220. The Balaban J connectivity index is 3.69. The van der Waals surface area contributed by atoms with Crippen LogP contribution in [0.2, 0.25) is 0 Å². The van der Waals surface area contributed by atoms with Crippen molar-refractivity contribution in [1.82, 2.24) is 0 Å². The second kappa shape index (κ2) is 3.83. The molecule has 0 aliphatic heterocycles. The Hall–Kier alpha value is -0.410. The van der Waals surface area contributed by atoms with Crippen LogP contribution in [0.3, 0.4) is 0 Å². The fraction of sp³-hybridized carbons (Fsp3) is 0.875. The number of carbonyl (C=O) groups is 1. The van der Waals surface area contributed by atoms with Gasteiger partial charge in [0.15, 0.2) is 0 Å². The molecule has 11 heavy (non-hydrogen) atoms. The molecule has 0 heterocycles. The van der Waals surface area contributed by atoms with Crippen molar-refractivity contribution in [3.63, 3.8) is 0 Å². The van der Waals surface area contributed by atoms with Gasteiger partial charge >= 0.3 is 0 Å². The lowest BCUT2D eigenvalue weighted by atomic mass is 10.2. The lowest BCUT2D eigenvalue weighted by Crippen LogP contribution is -2.41. The lowest BCUT2D eigenvalue weighted by Gasteiger charge is -2.26. The first-order valence-electron chi connectivity index (χ1n) is 3.79. The van der Waals surface area contributed by atoms with Gasteiger partial charge in [-0.15, -0.1) is 0 Å². The van der Waals surface area contributed by atoms with E-state index in [1.165, 1.54) is 6.92 Å². The fourth-order valence-electron chi connectivity index (χ4n) is 1.03. The number of hydrogen-bond donors (Lipinski definition) is 1. The Morgan fingerprint density at radius 2 is 1.91 bits per heavy atom. The molecule has 0 aromatic rings. The van der Waals surface area contributed by atoms with Crippen LogP contribution in [-0.2, 0) is 4.79 Å². The first kappa shape index (κ1) is 10.6. The van der Waals surface area contributed by atoms with Gasteiger partial charge in [0.25, 0.3) is 0 Å². The molecule has 0 rings (SSSR count). The molecule has 0 fully saturated rings. The van der Waals surface area contributed by atoms with Gasteiger partial charge in [0.05, 0.1) is 21.1 Å². The van der Waals surface area contributed by atoms with E-state index in [2.05, 4.69) is 0 Å². The summed E-state index contributed by atoms with van der Waals surface area (Å²) >= 11 is 0. The van der Waals surface area contributed by atoms with Gasteiger partial charge in [0.2, 0.25) is 0 Å². The molecule has 0 aliphatic carbocycles. The lowest BCUT2D eigenvalue weighted by molar-refractivity contribution is -0.873. The van der Waals surface area contributed by atoms with Crippen LogP contribution in [0.15, 0.2) is 0 Å². The number of aliphatic hydroxyl groups is 1. The number of hydrogen-bond acceptors (Lipinski definition) is 2. The van der Waals surface area contributed by atoms with Crippen molar-refractivity contribution in [3.8, 4) is 0 Å². The van der Waals surface area contributed by atoms with E-state index in [9.17, 15) is 9.90 Å². The molecule has 0 aromatic carbocycles. The molecular weight excluding hydrogens is 142 g/mol. The molecule has 0 radical (unpaired) electrons. The van der Waals surface area contributed by atoms with Gasteiger partial charge in [-0.2, -0.15) is 0 Å². The third kappa shape index (κ3) is 7.49. The summed E-state index contributed by atoms with van der Waals surface area (Å²) in [5.41, 5.74) is 0. The van der Waals surface area contributed by atoms with Crippen LogP contribution in [0.5, 0.6) is 0 Å². The molecular formula is C8H18NO2+. The second-order valence-corrected chi connectivity index (χ2v) is 4.03. The normalized spacial score (nSPS) is 14.6. The van der Waals surface area contributed by atoms with E-state index in [1.54, 1.807) is 0 Å². The minimum Gasteiger partial charge on any atom is -0.387 e. The van der Waals surface area contributed by atoms with Crippen LogP contribution in [0.25, 0.3) is 0 Å². The molecule has 0 amide bonds. The predicted molar refractivity (Wildman–Crippen MR) is 44.2 cm³/mol. The zero-order valence-electron chi connectivity index (χ0n) is 7.79. The number of quaternary nitrogens is 1. The Morgan fingerprint density at radius 1 is 1.45 bits per heavy atom. The van der Waals surface area contributed by atoms with E-state index in [4.69, 9.17) is 0 Å². The molecule has 3 heteroatoms. The SMILES string of the molecule is CC(=O)CC(O)C[N+](C)(C)C. The predicted octanol–water partition coefficient (Wildman–Crippen LogP) is 0.0326. The standard InChI is InChI=1S/C8H18NO2/c1-7(10)5-8(11)6-9(2,3)4/h8,11H,5-6H2,1-4H3/q+1. The van der Waals surface area contributed by atoms with Crippen LogP contribution in [0, 0.1) is 0 Å². The number of aliphatic hydroxyl groups excluding tert-OH is 1. The van der Waals surface area contributed by atoms with Gasteiger partial charge in [-0.25, -0.2) is 0 Å². The maximum atomic E-state index is 10.6. The highest BCUT2D eigenvalue weighted by Gasteiger charge is 2.16. The summed E-state index contributed by atoms with van der Waals surface area (Å²) in [4.78, 5) is 10.6. The maximum absolute atomic E-state index is 10.6. The van der Waals surface area contributed by atoms with Crippen molar-refractivity contribution in [3.05, 3.63) is 0 Å². The Morgan fingerprint density at radius 3 is 2.18 bits per heavy atom. The summed E-state index contributed by atoms with van der Waals surface area (Å²) < 4.78 is 0.689. The highest BCUT2D eigenvalue weighted by atomic mass is 16.3. The minimum absolute atomic E-state index is 0.0472. The average molecular weight is 160 g/mol. The molecule has 0 saturated heterocycles. The minimum atomic E-state index is -0.493. The summed E-state index contributed by atoms with van der Waals surface area (Å²) in [6, 6.07) is 0. The monoisotopic (exact) mass is 160 g/mol. The molecule has 0 aromatic heterocycles. The highest BCUT2D eigenvalue weighted by molar-refractivity contribution is 5.75. The fourth-order valence-corrected chi connectivity index (χ4v) is 1.03. The molecule has 1 N–H and O–H groups in total. The molecule has 1 unspecified atom stereocenters. The van der Waals surface area contributed by atoms with Crippen molar-refractivity contribution >= 4 is 5.78 Å². The largest absolute Gasteiger partial charge is 0.387 e. The third-order valence-electron chi connectivity index (χ3n) is 1.28. The molecule has 1 atom stereocenters. The topological polar surface area (TPSA) is 37.3 Å². The van der Waals surface area contributed by atoms with Gasteiger partial charge in [-0.1, -0.05) is 0 Å². The third-order valence-corrected chi connectivity index (χ3v) is 1.28. The van der Waals surface area contributed by atoms with Crippen LogP contribution < -0.4 is 0 Å². The van der Waals surface area contributed by atoms with Crippen molar-refractivity contribution in [2.24, 2.45) is 0 Å². The van der Waals surface area contributed by atoms with E-state index >= 15 is 0 Å². The molecule has 0 aliphatic rings.